The predicted octanol–water partition coefficient (Wildman–Crippen LogP) is 4.67. The van der Waals surface area contributed by atoms with Crippen molar-refractivity contribution in [3.05, 3.63) is 71.8 Å². The number of hydrogen-bond donors (Lipinski definition) is 1. The maximum atomic E-state index is 12.5. The molecule has 280 valence electrons. The van der Waals surface area contributed by atoms with Crippen LogP contribution in [0.2, 0.25) is 0 Å². The fourth-order valence-electron chi connectivity index (χ4n) is 6.17. The van der Waals surface area contributed by atoms with E-state index in [1.165, 1.54) is 9.80 Å². The van der Waals surface area contributed by atoms with Crippen molar-refractivity contribution >= 4 is 35.6 Å². The van der Waals surface area contributed by atoms with Crippen molar-refractivity contribution in [1.82, 2.24) is 20.0 Å². The number of cyclic esters (lactones) is 2. The molecule has 0 aromatic heterocycles. The van der Waals surface area contributed by atoms with Crippen LogP contribution in [0.15, 0.2) is 60.7 Å². The average molecular weight is 729 g/mol. The van der Waals surface area contributed by atoms with Gasteiger partial charge in [0.1, 0.15) is 13.2 Å². The van der Waals surface area contributed by atoms with Gasteiger partial charge in [-0.05, 0) is 56.2 Å². The molecule has 6 rings (SSSR count). The first-order valence-electron chi connectivity index (χ1n) is 18.2. The molecule has 0 saturated carbocycles. The molecule has 4 amide bonds. The Morgan fingerprint density at radius 1 is 0.667 bits per heavy atom. The van der Waals surface area contributed by atoms with Crippen LogP contribution in [-0.2, 0) is 41.4 Å². The first kappa shape index (κ1) is 40.2. The molecule has 1 N–H and O–H groups in total. The van der Waals surface area contributed by atoms with Gasteiger partial charge in [0.15, 0.2) is 0 Å². The lowest BCUT2D eigenvalue weighted by molar-refractivity contribution is -0.130. The minimum atomic E-state index is -0.526. The summed E-state index contributed by atoms with van der Waals surface area (Å²) in [6.07, 6.45) is 4.21. The number of alkyl halides is 1. The largest absolute Gasteiger partial charge is 0.447 e. The molecule has 4 saturated heterocycles. The van der Waals surface area contributed by atoms with E-state index in [-0.39, 0.29) is 37.1 Å². The zero-order valence-corrected chi connectivity index (χ0v) is 30.3. The number of hydrogen-bond acceptors (Lipinski definition) is 10. The van der Waals surface area contributed by atoms with Crippen molar-refractivity contribution in [3.8, 4) is 0 Å². The molecule has 4 aliphatic heterocycles. The van der Waals surface area contributed by atoms with Gasteiger partial charge in [0.2, 0.25) is 11.8 Å². The molecule has 0 unspecified atom stereocenters. The van der Waals surface area contributed by atoms with Crippen LogP contribution in [0.5, 0.6) is 0 Å². The topological polar surface area (TPSA) is 127 Å². The molecule has 0 radical (unpaired) electrons. The summed E-state index contributed by atoms with van der Waals surface area (Å²) in [5, 5.41) is 3.16. The molecule has 51 heavy (non-hydrogen) atoms. The van der Waals surface area contributed by atoms with Crippen LogP contribution in [0.25, 0.3) is 0 Å². The molecular formula is C38H53ClN4O8. The average Bonchev–Trinajstić information content (AvgIpc) is 3.73. The third-order valence-electron chi connectivity index (χ3n) is 8.93. The van der Waals surface area contributed by atoms with Gasteiger partial charge >= 0.3 is 12.2 Å². The Morgan fingerprint density at radius 3 is 1.57 bits per heavy atom. The van der Waals surface area contributed by atoms with E-state index in [2.05, 4.69) is 10.2 Å². The summed E-state index contributed by atoms with van der Waals surface area (Å²) in [5.74, 6) is 0.245. The van der Waals surface area contributed by atoms with E-state index in [9.17, 15) is 19.2 Å². The van der Waals surface area contributed by atoms with Crippen LogP contribution in [0, 0.1) is 0 Å². The summed E-state index contributed by atoms with van der Waals surface area (Å²) in [5.41, 5.74) is 2.20. The normalized spacial score (nSPS) is 20.4. The van der Waals surface area contributed by atoms with Crippen molar-refractivity contribution in [2.24, 2.45) is 0 Å². The summed E-state index contributed by atoms with van der Waals surface area (Å²) in [6, 6.07) is 19.3. The Morgan fingerprint density at radius 2 is 1.14 bits per heavy atom. The van der Waals surface area contributed by atoms with Crippen LogP contribution in [0.4, 0.5) is 9.59 Å². The third-order valence-corrected chi connectivity index (χ3v) is 9.19. The molecule has 0 bridgehead atoms. The number of carbonyl (C=O) groups excluding carboxylic acids is 4. The van der Waals surface area contributed by atoms with Crippen molar-refractivity contribution in [1.29, 1.82) is 0 Å². The maximum Gasteiger partial charge on any atom is 0.416 e. The molecule has 13 heteroatoms. The molecule has 4 heterocycles. The second-order valence-electron chi connectivity index (χ2n) is 12.8. The Labute approximate surface area is 306 Å². The van der Waals surface area contributed by atoms with Crippen LogP contribution >= 0.6 is 11.6 Å². The van der Waals surface area contributed by atoms with E-state index in [1.54, 1.807) is 0 Å². The number of amides is 4. The highest BCUT2D eigenvalue weighted by Crippen LogP contribution is 2.20. The van der Waals surface area contributed by atoms with Crippen LogP contribution in [0.3, 0.4) is 0 Å². The summed E-state index contributed by atoms with van der Waals surface area (Å²) >= 11 is 5.59. The molecule has 0 spiro atoms. The van der Waals surface area contributed by atoms with Crippen molar-refractivity contribution in [2.75, 3.05) is 78.2 Å². The number of nitrogens with zero attached hydrogens (tertiary/aromatic N) is 3. The summed E-state index contributed by atoms with van der Waals surface area (Å²) in [4.78, 5) is 53.2. The smallest absolute Gasteiger partial charge is 0.416 e. The van der Waals surface area contributed by atoms with Gasteiger partial charge in [-0.15, -0.1) is 11.6 Å². The number of unbranched alkanes of at least 4 members (excludes halogenated alkanes) is 2. The summed E-state index contributed by atoms with van der Waals surface area (Å²) in [7, 11) is 0. The lowest BCUT2D eigenvalue weighted by Gasteiger charge is -2.26. The molecule has 2 atom stereocenters. The molecule has 2 aromatic rings. The zero-order chi connectivity index (χ0) is 36.1. The fraction of sp³-hybridized carbons (Fsp3) is 0.579. The van der Waals surface area contributed by atoms with E-state index < -0.39 is 12.2 Å². The first-order chi connectivity index (χ1) is 25.0. The van der Waals surface area contributed by atoms with Crippen LogP contribution in [-0.4, -0.2) is 129 Å². The van der Waals surface area contributed by atoms with E-state index >= 15 is 0 Å². The Bertz CT molecular complexity index is 1320. The predicted molar refractivity (Wildman–Crippen MR) is 194 cm³/mol. The monoisotopic (exact) mass is 728 g/mol. The molecule has 2 aromatic carbocycles. The van der Waals surface area contributed by atoms with E-state index in [4.69, 9.17) is 30.5 Å². The van der Waals surface area contributed by atoms with Crippen LogP contribution in [0.1, 0.15) is 49.7 Å². The van der Waals surface area contributed by atoms with Gasteiger partial charge in [0.05, 0.1) is 38.5 Å². The van der Waals surface area contributed by atoms with Gasteiger partial charge in [-0.3, -0.25) is 14.5 Å². The standard InChI is InChI=1S/C19H26N2O4.C15H18ClNO3.C4H9NO/c22-18(8-4-5-9-20-10-12-24-13-11-20)21-17(15-25-19(21)23)14-16-6-2-1-3-7-16;16-9-5-4-8-14(18)17-13(11-20-15(17)19)10-12-6-2-1-3-7-12;1-3-6-4-2-5-1/h1-3,6-7,17H,4-5,8-15H2;1-3,6-7,13H,4-5,8-11H2;5H,1-4H2/t17-;13-;/m00./s1. The number of ether oxygens (including phenoxy) is 4. The molecular weight excluding hydrogens is 676 g/mol. The van der Waals surface area contributed by atoms with Crippen molar-refractivity contribution in [2.45, 2.75) is 63.5 Å². The zero-order valence-electron chi connectivity index (χ0n) is 29.6. The highest BCUT2D eigenvalue weighted by molar-refractivity contribution is 6.17. The van der Waals surface area contributed by atoms with Crippen molar-refractivity contribution in [3.63, 3.8) is 0 Å². The SMILES string of the molecule is C1COCCN1.O=C(CCCCCl)N1C(=O)OC[C@@H]1Cc1ccccc1.O=C(CCCCN1CCOCC1)N1C(=O)OC[C@@H]1Cc1ccccc1. The first-order valence-corrected chi connectivity index (χ1v) is 18.7. The lowest BCUT2D eigenvalue weighted by atomic mass is 10.1. The highest BCUT2D eigenvalue weighted by Gasteiger charge is 2.38. The Balaban J connectivity index is 0.000000200. The summed E-state index contributed by atoms with van der Waals surface area (Å²) < 4.78 is 20.5. The Hall–Kier alpha value is -3.55. The molecule has 0 aliphatic carbocycles. The highest BCUT2D eigenvalue weighted by atomic mass is 35.5. The van der Waals surface area contributed by atoms with Gasteiger partial charge in [-0.1, -0.05) is 60.7 Å². The minimum Gasteiger partial charge on any atom is -0.447 e. The number of benzene rings is 2. The van der Waals surface area contributed by atoms with Crippen LogP contribution < -0.4 is 5.32 Å². The molecule has 12 nitrogen and oxygen atoms in total. The summed E-state index contributed by atoms with van der Waals surface area (Å²) in [6.45, 7) is 8.88. The lowest BCUT2D eigenvalue weighted by Crippen LogP contribution is -2.40. The fourth-order valence-corrected chi connectivity index (χ4v) is 6.36. The van der Waals surface area contributed by atoms with Gasteiger partial charge in [-0.25, -0.2) is 19.4 Å². The van der Waals surface area contributed by atoms with E-state index in [0.29, 0.717) is 38.0 Å². The minimum absolute atomic E-state index is 0.120. The molecule has 4 fully saturated rings. The van der Waals surface area contributed by atoms with Gasteiger partial charge in [0, 0.05) is 44.9 Å². The van der Waals surface area contributed by atoms with Gasteiger partial charge in [-0.2, -0.15) is 0 Å². The van der Waals surface area contributed by atoms with Crippen molar-refractivity contribution < 1.29 is 38.1 Å². The second kappa shape index (κ2) is 23.1. The van der Waals surface area contributed by atoms with Gasteiger partial charge < -0.3 is 24.3 Å². The quantitative estimate of drug-likeness (QED) is 0.230. The maximum absolute atomic E-state index is 12.5. The van der Waals surface area contributed by atoms with Gasteiger partial charge in [0.25, 0.3) is 0 Å². The van der Waals surface area contributed by atoms with E-state index in [1.807, 2.05) is 60.7 Å². The molecule has 4 aliphatic rings. The number of rotatable bonds is 13. The number of carbonyl (C=O) groups is 4. The van der Waals surface area contributed by atoms with E-state index in [0.717, 1.165) is 89.5 Å². The number of imide groups is 2. The third kappa shape index (κ3) is 14.2. The second-order valence-corrected chi connectivity index (χ2v) is 13.2. The number of halogens is 1. The number of nitrogens with one attached hydrogen (secondary N) is 1. The number of morpholine rings is 2. The Kier molecular flexibility index (Phi) is 18.2.